The number of ether oxygens (including phenoxy) is 1. The van der Waals surface area contributed by atoms with Crippen molar-refractivity contribution < 1.29 is 22.8 Å². The molecule has 36 heavy (non-hydrogen) atoms. The normalized spacial score (nSPS) is 18.1. The van der Waals surface area contributed by atoms with Crippen molar-refractivity contribution in [1.29, 1.82) is 0 Å². The summed E-state index contributed by atoms with van der Waals surface area (Å²) in [6.07, 6.45) is 14.7. The molecule has 1 saturated carbocycles. The second-order valence-corrected chi connectivity index (χ2v) is 11.4. The summed E-state index contributed by atoms with van der Waals surface area (Å²) in [5.41, 5.74) is 0.925. The third-order valence-electron chi connectivity index (χ3n) is 6.64. The maximum atomic E-state index is 13.2. The van der Waals surface area contributed by atoms with Gasteiger partial charge in [0.15, 0.2) is 0 Å². The third-order valence-corrected chi connectivity index (χ3v) is 8.39. The zero-order chi connectivity index (χ0) is 25.5. The van der Waals surface area contributed by atoms with Crippen molar-refractivity contribution in [3.05, 3.63) is 36.2 Å². The van der Waals surface area contributed by atoms with Gasteiger partial charge in [0.05, 0.1) is 31.6 Å². The first kappa shape index (κ1) is 28.7. The van der Waals surface area contributed by atoms with Gasteiger partial charge in [-0.3, -0.25) is 19.5 Å². The van der Waals surface area contributed by atoms with Crippen molar-refractivity contribution >= 4 is 22.0 Å². The standard InChI is InChI=1S/C26H42N4O5S/c31-26(11-10-24-12-15-27-16-13-24)28-14-6-1-2-7-23-36(32,33)30(25-8-4-3-5-9-25)35-22-19-29-17-20-34-21-18-29/h10-13,15-16,25H,1-9,14,17-23H2,(H,28,31)/b11-10+. The number of hydrogen-bond donors (Lipinski definition) is 1. The van der Waals surface area contributed by atoms with Crippen molar-refractivity contribution in [2.75, 3.05) is 51.8 Å². The lowest BCUT2D eigenvalue weighted by molar-refractivity contribution is -0.126. The molecule has 1 aliphatic heterocycles. The maximum Gasteiger partial charge on any atom is 0.243 e. The monoisotopic (exact) mass is 522 g/mol. The highest BCUT2D eigenvalue weighted by molar-refractivity contribution is 7.88. The van der Waals surface area contributed by atoms with Crippen molar-refractivity contribution in [2.45, 2.75) is 63.8 Å². The van der Waals surface area contributed by atoms with Crippen LogP contribution in [0, 0.1) is 0 Å². The second kappa shape index (κ2) is 16.1. The number of aromatic nitrogens is 1. The third kappa shape index (κ3) is 10.6. The molecule has 2 heterocycles. The molecular weight excluding hydrogens is 480 g/mol. The number of morpholine rings is 1. The Kier molecular flexibility index (Phi) is 12.8. The quantitative estimate of drug-likeness (QED) is 0.215. The van der Waals surface area contributed by atoms with E-state index >= 15 is 0 Å². The fourth-order valence-electron chi connectivity index (χ4n) is 4.56. The Morgan fingerprint density at radius 3 is 2.58 bits per heavy atom. The predicted octanol–water partition coefficient (Wildman–Crippen LogP) is 3.00. The maximum absolute atomic E-state index is 13.2. The van der Waals surface area contributed by atoms with E-state index in [1.54, 1.807) is 18.5 Å². The Balaban J connectivity index is 1.34. The van der Waals surface area contributed by atoms with Gasteiger partial charge in [-0.1, -0.05) is 36.6 Å². The van der Waals surface area contributed by atoms with Gasteiger partial charge in [0, 0.05) is 44.6 Å². The van der Waals surface area contributed by atoms with Crippen LogP contribution in [-0.2, 0) is 24.4 Å². The summed E-state index contributed by atoms with van der Waals surface area (Å²) in [5, 5.41) is 2.87. The van der Waals surface area contributed by atoms with E-state index in [1.807, 2.05) is 12.1 Å². The molecule has 10 heteroatoms. The molecule has 1 saturated heterocycles. The second-order valence-electron chi connectivity index (χ2n) is 9.47. The zero-order valence-corrected chi connectivity index (χ0v) is 22.2. The molecule has 1 aromatic rings. The molecule has 0 atom stereocenters. The molecule has 1 amide bonds. The van der Waals surface area contributed by atoms with E-state index in [-0.39, 0.29) is 17.7 Å². The number of carbonyl (C=O) groups is 1. The molecule has 2 aliphatic rings. The molecule has 0 unspecified atom stereocenters. The number of amides is 1. The van der Waals surface area contributed by atoms with Crippen LogP contribution in [0.25, 0.3) is 6.08 Å². The highest BCUT2D eigenvalue weighted by atomic mass is 32.2. The molecule has 1 N–H and O–H groups in total. The van der Waals surface area contributed by atoms with E-state index in [0.717, 1.165) is 83.2 Å². The molecule has 1 aromatic heterocycles. The minimum absolute atomic E-state index is 0.0520. The van der Waals surface area contributed by atoms with E-state index in [1.165, 1.54) is 10.5 Å². The van der Waals surface area contributed by atoms with Gasteiger partial charge in [-0.25, -0.2) is 8.42 Å². The largest absolute Gasteiger partial charge is 0.379 e. The number of nitrogens with one attached hydrogen (secondary N) is 1. The first-order chi connectivity index (χ1) is 17.5. The minimum atomic E-state index is -3.48. The Morgan fingerprint density at radius 2 is 1.83 bits per heavy atom. The van der Waals surface area contributed by atoms with Crippen LogP contribution in [-0.4, -0.2) is 86.5 Å². The number of hydrogen-bond acceptors (Lipinski definition) is 7. The van der Waals surface area contributed by atoms with Crippen molar-refractivity contribution in [3.8, 4) is 0 Å². The number of carbonyl (C=O) groups excluding carboxylic acids is 1. The van der Waals surface area contributed by atoms with Crippen LogP contribution in [0.2, 0.25) is 0 Å². The van der Waals surface area contributed by atoms with Crippen LogP contribution in [0.5, 0.6) is 0 Å². The predicted molar refractivity (Wildman–Crippen MR) is 140 cm³/mol. The Hall–Kier alpha value is -1.85. The summed E-state index contributed by atoms with van der Waals surface area (Å²) in [6.45, 7) is 4.83. The number of pyridine rings is 1. The van der Waals surface area contributed by atoms with Gasteiger partial charge in [-0.05, 0) is 49.5 Å². The van der Waals surface area contributed by atoms with E-state index in [0.29, 0.717) is 26.1 Å². The van der Waals surface area contributed by atoms with Gasteiger partial charge in [-0.15, -0.1) is 0 Å². The number of hydroxylamine groups is 1. The van der Waals surface area contributed by atoms with Crippen LogP contribution in [0.15, 0.2) is 30.6 Å². The summed E-state index contributed by atoms with van der Waals surface area (Å²) >= 11 is 0. The molecule has 0 radical (unpaired) electrons. The Morgan fingerprint density at radius 1 is 1.11 bits per heavy atom. The summed E-state index contributed by atoms with van der Waals surface area (Å²) in [5.74, 6) is -0.0334. The number of unbranched alkanes of at least 4 members (excludes halogenated alkanes) is 3. The average molecular weight is 523 g/mol. The van der Waals surface area contributed by atoms with Crippen LogP contribution in [0.1, 0.15) is 63.4 Å². The molecule has 3 rings (SSSR count). The van der Waals surface area contributed by atoms with Gasteiger partial charge in [0.2, 0.25) is 15.9 Å². The summed E-state index contributed by atoms with van der Waals surface area (Å²) in [6, 6.07) is 3.62. The van der Waals surface area contributed by atoms with Gasteiger partial charge in [0.25, 0.3) is 0 Å². The van der Waals surface area contributed by atoms with E-state index in [4.69, 9.17) is 9.57 Å². The Bertz CT molecular complexity index is 885. The van der Waals surface area contributed by atoms with E-state index in [9.17, 15) is 13.2 Å². The molecule has 202 valence electrons. The molecular formula is C26H42N4O5S. The summed E-state index contributed by atoms with van der Waals surface area (Å²) in [7, 11) is -3.48. The topological polar surface area (TPSA) is 101 Å². The zero-order valence-electron chi connectivity index (χ0n) is 21.4. The molecule has 9 nitrogen and oxygen atoms in total. The van der Waals surface area contributed by atoms with Gasteiger partial charge >= 0.3 is 0 Å². The summed E-state index contributed by atoms with van der Waals surface area (Å²) < 4.78 is 33.1. The first-order valence-corrected chi connectivity index (χ1v) is 15.0. The van der Waals surface area contributed by atoms with Crippen molar-refractivity contribution in [1.82, 2.24) is 19.7 Å². The van der Waals surface area contributed by atoms with Crippen LogP contribution in [0.4, 0.5) is 0 Å². The molecule has 0 aromatic carbocycles. The van der Waals surface area contributed by atoms with Gasteiger partial charge < -0.3 is 10.1 Å². The highest BCUT2D eigenvalue weighted by Crippen LogP contribution is 2.26. The lowest BCUT2D eigenvalue weighted by atomic mass is 9.96. The van der Waals surface area contributed by atoms with Crippen LogP contribution < -0.4 is 5.32 Å². The summed E-state index contributed by atoms with van der Waals surface area (Å²) in [4.78, 5) is 24.1. The van der Waals surface area contributed by atoms with Crippen LogP contribution in [0.3, 0.4) is 0 Å². The number of rotatable bonds is 15. The molecule has 0 spiro atoms. The molecule has 2 fully saturated rings. The van der Waals surface area contributed by atoms with Crippen molar-refractivity contribution in [2.24, 2.45) is 0 Å². The number of sulfonamides is 1. The fourth-order valence-corrected chi connectivity index (χ4v) is 6.21. The minimum Gasteiger partial charge on any atom is -0.379 e. The van der Waals surface area contributed by atoms with Gasteiger partial charge in [0.1, 0.15) is 0 Å². The number of nitrogens with zero attached hydrogens (tertiary/aromatic N) is 3. The van der Waals surface area contributed by atoms with Crippen molar-refractivity contribution in [3.63, 3.8) is 0 Å². The lowest BCUT2D eigenvalue weighted by Crippen LogP contribution is -2.45. The first-order valence-electron chi connectivity index (χ1n) is 13.4. The molecule has 1 aliphatic carbocycles. The average Bonchev–Trinajstić information content (AvgIpc) is 2.91. The van der Waals surface area contributed by atoms with E-state index < -0.39 is 10.0 Å². The Labute approximate surface area is 216 Å². The fraction of sp³-hybridized carbons (Fsp3) is 0.692. The smallest absolute Gasteiger partial charge is 0.243 e. The lowest BCUT2D eigenvalue weighted by Gasteiger charge is -2.33. The SMILES string of the molecule is O=C(/C=C/c1ccncc1)NCCCCCCS(=O)(=O)N(OCCN1CCOCC1)C1CCCCC1. The van der Waals surface area contributed by atoms with E-state index in [2.05, 4.69) is 15.2 Å². The van der Waals surface area contributed by atoms with Crippen LogP contribution >= 0.6 is 0 Å². The molecule has 0 bridgehead atoms. The van der Waals surface area contributed by atoms with Gasteiger partial charge in [-0.2, -0.15) is 0 Å². The highest BCUT2D eigenvalue weighted by Gasteiger charge is 2.32.